The molecule has 0 radical (unpaired) electrons. The smallest absolute Gasteiger partial charge is 0.312 e. The van der Waals surface area contributed by atoms with Crippen LogP contribution in [0.2, 0.25) is 0 Å². The number of carbonyl (C=O) groups excluding carboxylic acids is 1. The first kappa shape index (κ1) is 14.3. The molecule has 0 amide bonds. The molecule has 0 aromatic rings. The molecule has 98 valence electrons. The first-order valence-corrected chi connectivity index (χ1v) is 6.71. The zero-order valence-corrected chi connectivity index (χ0v) is 11.9. The van der Waals surface area contributed by atoms with E-state index < -0.39 is 0 Å². The van der Waals surface area contributed by atoms with Gasteiger partial charge in [-0.25, -0.2) is 0 Å². The van der Waals surface area contributed by atoms with Crippen LogP contribution < -0.4 is 0 Å². The Kier molecular flexibility index (Phi) is 4.40. The number of carbonyl (C=O) groups is 1. The first-order valence-electron chi connectivity index (χ1n) is 6.71. The fourth-order valence-corrected chi connectivity index (χ4v) is 2.24. The lowest BCUT2D eigenvalue weighted by atomic mass is 9.89. The Morgan fingerprint density at radius 2 is 1.82 bits per heavy atom. The molecule has 1 fully saturated rings. The minimum absolute atomic E-state index is 0.0561. The van der Waals surface area contributed by atoms with Crippen LogP contribution in [0.1, 0.15) is 66.7 Å². The van der Waals surface area contributed by atoms with Gasteiger partial charge in [0.1, 0.15) is 5.60 Å². The van der Waals surface area contributed by atoms with Crippen molar-refractivity contribution in [1.29, 1.82) is 0 Å². The summed E-state index contributed by atoms with van der Waals surface area (Å²) in [6.07, 6.45) is 7.22. The highest BCUT2D eigenvalue weighted by molar-refractivity contribution is 5.76. The van der Waals surface area contributed by atoms with Crippen LogP contribution in [-0.2, 0) is 9.53 Å². The molecule has 1 saturated carbocycles. The summed E-state index contributed by atoms with van der Waals surface area (Å²) in [5, 5.41) is 0. The third-order valence-electron chi connectivity index (χ3n) is 3.73. The molecule has 0 aliphatic heterocycles. The summed E-state index contributed by atoms with van der Waals surface area (Å²) in [5.74, 6) is -0.0561. The van der Waals surface area contributed by atoms with Gasteiger partial charge >= 0.3 is 5.97 Å². The molecule has 0 unspecified atom stereocenters. The Bertz CT molecular complexity index is 303. The highest BCUT2D eigenvalue weighted by Crippen LogP contribution is 2.37. The number of ether oxygens (including phenoxy) is 1. The summed E-state index contributed by atoms with van der Waals surface area (Å²) >= 11 is 0. The predicted octanol–water partition coefficient (Wildman–Crippen LogP) is 4.24. The topological polar surface area (TPSA) is 26.3 Å². The van der Waals surface area contributed by atoms with Gasteiger partial charge in [0.25, 0.3) is 0 Å². The molecule has 0 N–H and O–H groups in total. The molecule has 1 rings (SSSR count). The van der Waals surface area contributed by atoms with E-state index in [1.165, 1.54) is 5.57 Å². The molecule has 0 saturated heterocycles. The predicted molar refractivity (Wildman–Crippen MR) is 70.8 cm³/mol. The van der Waals surface area contributed by atoms with E-state index in [9.17, 15) is 4.79 Å². The Morgan fingerprint density at radius 3 is 2.24 bits per heavy atom. The van der Waals surface area contributed by atoms with Crippen LogP contribution in [0.15, 0.2) is 11.6 Å². The summed E-state index contributed by atoms with van der Waals surface area (Å²) in [4.78, 5) is 12.2. The molecule has 0 bridgehead atoms. The Balaban J connectivity index is 2.82. The van der Waals surface area contributed by atoms with Crippen molar-refractivity contribution in [2.24, 2.45) is 5.41 Å². The van der Waals surface area contributed by atoms with Gasteiger partial charge in [0.05, 0.1) is 5.41 Å². The fraction of sp³-hybridized carbons (Fsp3) is 0.800. The van der Waals surface area contributed by atoms with E-state index in [1.807, 2.05) is 20.8 Å². The maximum absolute atomic E-state index is 12.2. The van der Waals surface area contributed by atoms with Crippen molar-refractivity contribution >= 4 is 5.97 Å². The van der Waals surface area contributed by atoms with Gasteiger partial charge in [-0.1, -0.05) is 12.5 Å². The van der Waals surface area contributed by atoms with Gasteiger partial charge in [-0.05, 0) is 65.9 Å². The van der Waals surface area contributed by atoms with Gasteiger partial charge in [-0.2, -0.15) is 0 Å². The lowest BCUT2D eigenvalue weighted by Crippen LogP contribution is -2.36. The van der Waals surface area contributed by atoms with E-state index in [0.29, 0.717) is 0 Å². The molecule has 0 heterocycles. The largest absolute Gasteiger partial charge is 0.454 e. The highest BCUT2D eigenvalue weighted by atomic mass is 16.6. The molecule has 0 spiro atoms. The van der Waals surface area contributed by atoms with E-state index in [2.05, 4.69) is 19.9 Å². The molecular weight excluding hydrogens is 212 g/mol. The number of esters is 1. The lowest BCUT2D eigenvalue weighted by molar-refractivity contribution is -0.165. The summed E-state index contributed by atoms with van der Waals surface area (Å²) in [5.41, 5.74) is 0.543. The van der Waals surface area contributed by atoms with Crippen LogP contribution in [0.5, 0.6) is 0 Å². The zero-order chi connectivity index (χ0) is 13.1. The van der Waals surface area contributed by atoms with Crippen molar-refractivity contribution in [3.8, 4) is 0 Å². The van der Waals surface area contributed by atoms with Crippen molar-refractivity contribution in [3.63, 3.8) is 0 Å². The number of hydrogen-bond donors (Lipinski definition) is 0. The van der Waals surface area contributed by atoms with Crippen LogP contribution in [0.4, 0.5) is 0 Å². The molecule has 2 heteroatoms. The number of hydrogen-bond acceptors (Lipinski definition) is 2. The minimum atomic E-state index is -0.370. The number of rotatable bonds is 4. The van der Waals surface area contributed by atoms with E-state index in [-0.39, 0.29) is 17.0 Å². The summed E-state index contributed by atoms with van der Waals surface area (Å²) in [6.45, 7) is 10.1. The van der Waals surface area contributed by atoms with Crippen molar-refractivity contribution in [2.45, 2.75) is 72.3 Å². The van der Waals surface area contributed by atoms with Gasteiger partial charge in [0.2, 0.25) is 0 Å². The van der Waals surface area contributed by atoms with Crippen LogP contribution in [0.3, 0.4) is 0 Å². The van der Waals surface area contributed by atoms with E-state index >= 15 is 0 Å². The normalized spacial score (nSPS) is 18.9. The molecule has 1 aliphatic carbocycles. The van der Waals surface area contributed by atoms with Gasteiger partial charge < -0.3 is 4.74 Å². The maximum Gasteiger partial charge on any atom is 0.312 e. The average Bonchev–Trinajstić information content (AvgIpc) is 2.65. The van der Waals surface area contributed by atoms with E-state index in [4.69, 9.17) is 4.74 Å². The Labute approximate surface area is 105 Å². The van der Waals surface area contributed by atoms with Crippen LogP contribution in [0, 0.1) is 5.41 Å². The molecule has 0 aromatic heterocycles. The van der Waals surface area contributed by atoms with Crippen molar-refractivity contribution < 1.29 is 9.53 Å². The maximum atomic E-state index is 12.2. The average molecular weight is 238 g/mol. The summed E-state index contributed by atoms with van der Waals surface area (Å²) < 4.78 is 5.85. The van der Waals surface area contributed by atoms with Gasteiger partial charge in [0, 0.05) is 0 Å². The quantitative estimate of drug-likeness (QED) is 0.541. The molecule has 1 aliphatic rings. The van der Waals surface area contributed by atoms with Crippen molar-refractivity contribution in [2.75, 3.05) is 0 Å². The van der Waals surface area contributed by atoms with E-state index in [0.717, 1.165) is 32.1 Å². The molecular formula is C15H26O2. The second-order valence-corrected chi connectivity index (χ2v) is 6.12. The molecule has 17 heavy (non-hydrogen) atoms. The highest BCUT2D eigenvalue weighted by Gasteiger charge is 2.39. The Morgan fingerprint density at radius 1 is 1.29 bits per heavy atom. The fourth-order valence-electron chi connectivity index (χ4n) is 2.24. The first-order chi connectivity index (χ1) is 7.81. The lowest BCUT2D eigenvalue weighted by Gasteiger charge is -2.31. The SMILES string of the molecule is CCC(C)(C)C(=O)OC1(C=C(C)C)CCCC1. The second-order valence-electron chi connectivity index (χ2n) is 6.12. The third-order valence-corrected chi connectivity index (χ3v) is 3.73. The number of allylic oxidation sites excluding steroid dienone is 1. The van der Waals surface area contributed by atoms with Crippen LogP contribution >= 0.6 is 0 Å². The monoisotopic (exact) mass is 238 g/mol. The van der Waals surface area contributed by atoms with Gasteiger partial charge in [-0.15, -0.1) is 0 Å². The molecule has 2 nitrogen and oxygen atoms in total. The van der Waals surface area contributed by atoms with Crippen LogP contribution in [0.25, 0.3) is 0 Å². The minimum Gasteiger partial charge on any atom is -0.454 e. The van der Waals surface area contributed by atoms with Crippen molar-refractivity contribution in [3.05, 3.63) is 11.6 Å². The zero-order valence-electron chi connectivity index (χ0n) is 11.9. The summed E-state index contributed by atoms with van der Waals surface area (Å²) in [6, 6.07) is 0. The van der Waals surface area contributed by atoms with Gasteiger partial charge in [-0.3, -0.25) is 4.79 Å². The van der Waals surface area contributed by atoms with Crippen LogP contribution in [-0.4, -0.2) is 11.6 Å². The molecule has 0 aromatic carbocycles. The standard InChI is InChI=1S/C15H26O2/c1-6-14(4,5)13(16)17-15(11-12(2)3)9-7-8-10-15/h11H,6-10H2,1-5H3. The second kappa shape index (κ2) is 5.24. The molecule has 0 atom stereocenters. The summed E-state index contributed by atoms with van der Waals surface area (Å²) in [7, 11) is 0. The third kappa shape index (κ3) is 3.58. The Hall–Kier alpha value is -0.790. The van der Waals surface area contributed by atoms with Crippen molar-refractivity contribution in [1.82, 2.24) is 0 Å². The van der Waals surface area contributed by atoms with Gasteiger partial charge in [0.15, 0.2) is 0 Å². The van der Waals surface area contributed by atoms with E-state index in [1.54, 1.807) is 0 Å².